The van der Waals surface area contributed by atoms with Crippen LogP contribution in [0.1, 0.15) is 32.9 Å². The highest BCUT2D eigenvalue weighted by Crippen LogP contribution is 2.34. The molecule has 3 aromatic heterocycles. The van der Waals surface area contributed by atoms with Crippen molar-refractivity contribution in [3.63, 3.8) is 0 Å². The molecule has 1 aliphatic heterocycles. The molecule has 38 heavy (non-hydrogen) atoms. The molecular formula is C30H28N6O2. The molecule has 0 aliphatic carbocycles. The van der Waals surface area contributed by atoms with E-state index in [2.05, 4.69) is 46.2 Å². The standard InChI is InChI=1S/C30H28N6O2/c1-20-5-9-22(10-6-20)18-25-32-28(26-27(34-38-29(26)33-25)24-4-3-13-31-19-24)35-14-16-36(17-15-35)30(37)23-11-7-21(2)8-12-23/h3-13,19H,14-18H2,1-2H3. The Balaban J connectivity index is 1.33. The van der Waals surface area contributed by atoms with Gasteiger partial charge in [-0.25, -0.2) is 4.98 Å². The molecule has 8 heteroatoms. The molecule has 1 saturated heterocycles. The summed E-state index contributed by atoms with van der Waals surface area (Å²) in [5.41, 5.74) is 6.15. The Morgan fingerprint density at radius 1 is 0.895 bits per heavy atom. The van der Waals surface area contributed by atoms with E-state index in [1.54, 1.807) is 12.4 Å². The SMILES string of the molecule is Cc1ccc(Cc2nc(N3CCN(C(=O)c4ccc(C)cc4)CC3)c3c(-c4cccnc4)noc3n2)cc1. The minimum Gasteiger partial charge on any atom is -0.352 e. The first-order valence-electron chi connectivity index (χ1n) is 12.8. The van der Waals surface area contributed by atoms with Crippen LogP contribution >= 0.6 is 0 Å². The summed E-state index contributed by atoms with van der Waals surface area (Å²) in [6.45, 7) is 6.57. The summed E-state index contributed by atoms with van der Waals surface area (Å²) in [7, 11) is 0. The van der Waals surface area contributed by atoms with Gasteiger partial charge >= 0.3 is 0 Å². The van der Waals surface area contributed by atoms with Crippen LogP contribution in [0.3, 0.4) is 0 Å². The molecule has 6 rings (SSSR count). The van der Waals surface area contributed by atoms with Gasteiger partial charge in [-0.3, -0.25) is 9.78 Å². The highest BCUT2D eigenvalue weighted by molar-refractivity contribution is 5.98. The first kappa shape index (κ1) is 23.8. The molecule has 0 spiro atoms. The van der Waals surface area contributed by atoms with Crippen LogP contribution in [0, 0.1) is 13.8 Å². The molecule has 8 nitrogen and oxygen atoms in total. The van der Waals surface area contributed by atoms with Gasteiger partial charge in [-0.15, -0.1) is 0 Å². The van der Waals surface area contributed by atoms with Gasteiger partial charge in [0.2, 0.25) is 0 Å². The molecule has 4 heterocycles. The number of pyridine rings is 1. The minimum absolute atomic E-state index is 0.0542. The largest absolute Gasteiger partial charge is 0.352 e. The van der Waals surface area contributed by atoms with E-state index in [4.69, 9.17) is 14.5 Å². The van der Waals surface area contributed by atoms with Gasteiger partial charge in [-0.05, 0) is 43.7 Å². The first-order chi connectivity index (χ1) is 18.5. The monoisotopic (exact) mass is 504 g/mol. The average molecular weight is 505 g/mol. The second-order valence-corrected chi connectivity index (χ2v) is 9.72. The zero-order chi connectivity index (χ0) is 26.1. The number of aryl methyl sites for hydroxylation is 2. The summed E-state index contributed by atoms with van der Waals surface area (Å²) in [4.78, 5) is 31.2. The molecule has 1 amide bonds. The lowest BCUT2D eigenvalue weighted by molar-refractivity contribution is 0.0746. The number of fused-ring (bicyclic) bond motifs is 1. The van der Waals surface area contributed by atoms with E-state index in [-0.39, 0.29) is 5.91 Å². The number of piperazine rings is 1. The van der Waals surface area contributed by atoms with E-state index >= 15 is 0 Å². The lowest BCUT2D eigenvalue weighted by atomic mass is 10.1. The predicted molar refractivity (Wildman–Crippen MR) is 146 cm³/mol. The van der Waals surface area contributed by atoms with Gasteiger partial charge in [-0.1, -0.05) is 52.7 Å². The second-order valence-electron chi connectivity index (χ2n) is 9.72. The van der Waals surface area contributed by atoms with E-state index in [0.717, 1.165) is 27.9 Å². The molecule has 0 N–H and O–H groups in total. The van der Waals surface area contributed by atoms with Crippen molar-refractivity contribution in [3.8, 4) is 11.3 Å². The van der Waals surface area contributed by atoms with Gasteiger partial charge in [-0.2, -0.15) is 4.98 Å². The lowest BCUT2D eigenvalue weighted by Crippen LogP contribution is -2.49. The lowest BCUT2D eigenvalue weighted by Gasteiger charge is -2.35. The van der Waals surface area contributed by atoms with Crippen LogP contribution in [0.5, 0.6) is 0 Å². The van der Waals surface area contributed by atoms with Crippen molar-refractivity contribution in [1.82, 2.24) is 25.0 Å². The quantitative estimate of drug-likeness (QED) is 0.338. The van der Waals surface area contributed by atoms with Crippen molar-refractivity contribution in [2.75, 3.05) is 31.1 Å². The van der Waals surface area contributed by atoms with E-state index in [9.17, 15) is 4.79 Å². The Kier molecular flexibility index (Phi) is 6.29. The third-order valence-corrected chi connectivity index (χ3v) is 6.95. The van der Waals surface area contributed by atoms with Gasteiger partial charge < -0.3 is 14.3 Å². The van der Waals surface area contributed by atoms with Crippen LogP contribution in [0.15, 0.2) is 77.6 Å². The first-order valence-corrected chi connectivity index (χ1v) is 12.8. The summed E-state index contributed by atoms with van der Waals surface area (Å²) >= 11 is 0. The third kappa shape index (κ3) is 4.72. The number of carbonyl (C=O) groups is 1. The second kappa shape index (κ2) is 10.0. The molecule has 1 aliphatic rings. The molecule has 0 bridgehead atoms. The zero-order valence-corrected chi connectivity index (χ0v) is 21.5. The highest BCUT2D eigenvalue weighted by Gasteiger charge is 2.27. The topological polar surface area (TPSA) is 88.3 Å². The summed E-state index contributed by atoms with van der Waals surface area (Å²) in [6.07, 6.45) is 4.07. The third-order valence-electron chi connectivity index (χ3n) is 6.95. The molecule has 0 unspecified atom stereocenters. The molecule has 2 aromatic carbocycles. The van der Waals surface area contributed by atoms with E-state index in [0.29, 0.717) is 55.4 Å². The van der Waals surface area contributed by atoms with Gasteiger partial charge in [0, 0.05) is 56.1 Å². The van der Waals surface area contributed by atoms with Crippen LogP contribution < -0.4 is 4.90 Å². The summed E-state index contributed by atoms with van der Waals surface area (Å²) < 4.78 is 5.74. The van der Waals surface area contributed by atoms with Crippen LogP contribution in [0.4, 0.5) is 5.82 Å². The average Bonchev–Trinajstić information content (AvgIpc) is 3.39. The Morgan fingerprint density at radius 2 is 1.61 bits per heavy atom. The van der Waals surface area contributed by atoms with Crippen LogP contribution in [0.25, 0.3) is 22.4 Å². The Morgan fingerprint density at radius 3 is 2.29 bits per heavy atom. The summed E-state index contributed by atoms with van der Waals surface area (Å²) in [5, 5.41) is 5.13. The molecule has 0 radical (unpaired) electrons. The number of carbonyl (C=O) groups excluding carboxylic acids is 1. The molecule has 0 atom stereocenters. The number of aromatic nitrogens is 4. The van der Waals surface area contributed by atoms with E-state index < -0.39 is 0 Å². The van der Waals surface area contributed by atoms with Crippen molar-refractivity contribution in [2.24, 2.45) is 0 Å². The van der Waals surface area contributed by atoms with Gasteiger partial charge in [0.05, 0.1) is 0 Å². The maximum Gasteiger partial charge on any atom is 0.263 e. The van der Waals surface area contributed by atoms with Crippen molar-refractivity contribution in [3.05, 3.63) is 101 Å². The fraction of sp³-hybridized carbons (Fsp3) is 0.233. The van der Waals surface area contributed by atoms with Gasteiger partial charge in [0.25, 0.3) is 11.6 Å². The molecule has 1 fully saturated rings. The fourth-order valence-electron chi connectivity index (χ4n) is 4.78. The molecule has 190 valence electrons. The number of rotatable bonds is 5. The normalized spacial score (nSPS) is 13.7. The Hall–Kier alpha value is -4.59. The summed E-state index contributed by atoms with van der Waals surface area (Å²) in [5.74, 6) is 1.50. The van der Waals surface area contributed by atoms with Crippen LogP contribution in [-0.2, 0) is 6.42 Å². The maximum absolute atomic E-state index is 13.1. The van der Waals surface area contributed by atoms with Crippen LogP contribution in [0.2, 0.25) is 0 Å². The van der Waals surface area contributed by atoms with Crippen molar-refractivity contribution < 1.29 is 9.32 Å². The Labute approximate surface area is 221 Å². The molecule has 5 aromatic rings. The van der Waals surface area contributed by atoms with Gasteiger partial charge in [0.1, 0.15) is 22.7 Å². The van der Waals surface area contributed by atoms with E-state index in [1.807, 2.05) is 48.2 Å². The maximum atomic E-state index is 13.1. The minimum atomic E-state index is 0.0542. The van der Waals surface area contributed by atoms with Crippen molar-refractivity contribution in [1.29, 1.82) is 0 Å². The number of nitrogens with zero attached hydrogens (tertiary/aromatic N) is 6. The zero-order valence-electron chi connectivity index (χ0n) is 21.5. The predicted octanol–water partition coefficient (Wildman–Crippen LogP) is 4.85. The number of hydrogen-bond acceptors (Lipinski definition) is 7. The summed E-state index contributed by atoms with van der Waals surface area (Å²) in [6, 6.07) is 19.9. The van der Waals surface area contributed by atoms with E-state index in [1.165, 1.54) is 5.56 Å². The number of benzene rings is 2. The number of hydrogen-bond donors (Lipinski definition) is 0. The molecule has 0 saturated carbocycles. The highest BCUT2D eigenvalue weighted by atomic mass is 16.5. The number of amides is 1. The van der Waals surface area contributed by atoms with Crippen molar-refractivity contribution in [2.45, 2.75) is 20.3 Å². The molecular weight excluding hydrogens is 476 g/mol. The van der Waals surface area contributed by atoms with Crippen molar-refractivity contribution >= 4 is 22.8 Å². The number of anilines is 1. The van der Waals surface area contributed by atoms with Crippen LogP contribution in [-0.4, -0.2) is 57.1 Å². The smallest absolute Gasteiger partial charge is 0.263 e. The Bertz CT molecular complexity index is 1570. The fourth-order valence-corrected chi connectivity index (χ4v) is 4.78. The van der Waals surface area contributed by atoms with Gasteiger partial charge in [0.15, 0.2) is 0 Å².